The first-order valence-electron chi connectivity index (χ1n) is 6.22. The van der Waals surface area contributed by atoms with Crippen LogP contribution < -0.4 is 10.5 Å². The molecule has 0 saturated carbocycles. The number of hydrogen-bond donors (Lipinski definition) is 1. The molecular formula is C15H17ClN2OS. The number of anilines is 1. The standard InChI is InChI=1S/C15H17ClN2OS/c1-15(2,3)19-14-12(17)8-9-13(18-14)20-11-6-4-10(16)5-7-11/h4-9H,17H2,1-3H3. The van der Waals surface area contributed by atoms with E-state index in [0.717, 1.165) is 14.9 Å². The number of pyridine rings is 1. The Labute approximate surface area is 128 Å². The molecule has 0 unspecified atom stereocenters. The van der Waals surface area contributed by atoms with E-state index in [1.54, 1.807) is 0 Å². The summed E-state index contributed by atoms with van der Waals surface area (Å²) in [4.78, 5) is 5.52. The van der Waals surface area contributed by atoms with Crippen LogP contribution in [-0.2, 0) is 0 Å². The van der Waals surface area contributed by atoms with Crippen LogP contribution in [0.4, 0.5) is 5.69 Å². The Kier molecular flexibility index (Phi) is 4.45. The van der Waals surface area contributed by atoms with Gasteiger partial charge in [-0.3, -0.25) is 0 Å². The summed E-state index contributed by atoms with van der Waals surface area (Å²) in [7, 11) is 0. The van der Waals surface area contributed by atoms with E-state index in [9.17, 15) is 0 Å². The molecule has 106 valence electrons. The van der Waals surface area contributed by atoms with Gasteiger partial charge in [0.25, 0.3) is 0 Å². The Hall–Kier alpha value is -1.39. The smallest absolute Gasteiger partial charge is 0.238 e. The van der Waals surface area contributed by atoms with E-state index in [0.29, 0.717) is 11.6 Å². The molecule has 0 fully saturated rings. The highest BCUT2D eigenvalue weighted by atomic mass is 35.5. The Morgan fingerprint density at radius 3 is 2.35 bits per heavy atom. The highest BCUT2D eigenvalue weighted by molar-refractivity contribution is 7.99. The Bertz CT molecular complexity index is 594. The molecule has 1 aromatic heterocycles. The predicted octanol–water partition coefficient (Wildman–Crippen LogP) is 4.65. The number of benzene rings is 1. The van der Waals surface area contributed by atoms with E-state index < -0.39 is 0 Å². The molecule has 0 spiro atoms. The third-order valence-corrected chi connectivity index (χ3v) is 3.50. The maximum atomic E-state index is 5.90. The molecule has 0 atom stereocenters. The summed E-state index contributed by atoms with van der Waals surface area (Å²) in [5.74, 6) is 0.469. The molecule has 0 radical (unpaired) electrons. The lowest BCUT2D eigenvalue weighted by Gasteiger charge is -2.21. The molecule has 20 heavy (non-hydrogen) atoms. The number of hydrogen-bond acceptors (Lipinski definition) is 4. The first-order chi connectivity index (χ1) is 9.33. The highest BCUT2D eigenvalue weighted by Gasteiger charge is 2.15. The van der Waals surface area contributed by atoms with Gasteiger partial charge in [-0.2, -0.15) is 0 Å². The van der Waals surface area contributed by atoms with Crippen LogP contribution in [0.2, 0.25) is 5.02 Å². The van der Waals surface area contributed by atoms with Gasteiger partial charge in [0.1, 0.15) is 10.6 Å². The van der Waals surface area contributed by atoms with Crippen LogP contribution in [0.3, 0.4) is 0 Å². The van der Waals surface area contributed by atoms with Crippen molar-refractivity contribution in [2.75, 3.05) is 5.73 Å². The van der Waals surface area contributed by atoms with Crippen LogP contribution in [0.15, 0.2) is 46.3 Å². The molecule has 0 saturated heterocycles. The quantitative estimate of drug-likeness (QED) is 0.897. The minimum atomic E-state index is -0.329. The van der Waals surface area contributed by atoms with Gasteiger partial charge in [0.05, 0.1) is 5.69 Å². The lowest BCUT2D eigenvalue weighted by Crippen LogP contribution is -2.24. The van der Waals surface area contributed by atoms with E-state index >= 15 is 0 Å². The second kappa shape index (κ2) is 5.94. The maximum absolute atomic E-state index is 5.90. The van der Waals surface area contributed by atoms with E-state index in [1.165, 1.54) is 11.8 Å². The Morgan fingerprint density at radius 1 is 1.10 bits per heavy atom. The molecule has 2 aromatic rings. The fourth-order valence-corrected chi connectivity index (χ4v) is 2.39. The molecule has 0 bridgehead atoms. The van der Waals surface area contributed by atoms with Crippen molar-refractivity contribution in [1.29, 1.82) is 0 Å². The second-order valence-electron chi connectivity index (χ2n) is 5.31. The Morgan fingerprint density at radius 2 is 1.75 bits per heavy atom. The van der Waals surface area contributed by atoms with E-state index in [1.807, 2.05) is 57.2 Å². The molecule has 2 N–H and O–H groups in total. The van der Waals surface area contributed by atoms with Crippen molar-refractivity contribution in [3.63, 3.8) is 0 Å². The van der Waals surface area contributed by atoms with Gasteiger partial charge in [0, 0.05) is 9.92 Å². The Balaban J connectivity index is 2.20. The average Bonchev–Trinajstić information content (AvgIpc) is 2.34. The van der Waals surface area contributed by atoms with E-state index in [2.05, 4.69) is 4.98 Å². The third kappa shape index (κ3) is 4.32. The van der Waals surface area contributed by atoms with Crippen LogP contribution in [0.25, 0.3) is 0 Å². The van der Waals surface area contributed by atoms with Gasteiger partial charge in [-0.05, 0) is 57.2 Å². The van der Waals surface area contributed by atoms with Crippen molar-refractivity contribution in [2.24, 2.45) is 0 Å². The van der Waals surface area contributed by atoms with Crippen molar-refractivity contribution in [3.05, 3.63) is 41.4 Å². The summed E-state index contributed by atoms with van der Waals surface area (Å²) >= 11 is 7.41. The minimum absolute atomic E-state index is 0.329. The number of halogens is 1. The molecule has 1 heterocycles. The number of aromatic nitrogens is 1. The molecule has 0 aliphatic heterocycles. The van der Waals surface area contributed by atoms with Crippen LogP contribution >= 0.6 is 23.4 Å². The fraction of sp³-hybridized carbons (Fsp3) is 0.267. The zero-order chi connectivity index (χ0) is 14.8. The van der Waals surface area contributed by atoms with Crippen molar-refractivity contribution in [1.82, 2.24) is 4.98 Å². The molecule has 3 nitrogen and oxygen atoms in total. The van der Waals surface area contributed by atoms with Gasteiger partial charge in [-0.15, -0.1) is 0 Å². The highest BCUT2D eigenvalue weighted by Crippen LogP contribution is 2.31. The summed E-state index contributed by atoms with van der Waals surface area (Å²) in [6, 6.07) is 11.3. The lowest BCUT2D eigenvalue weighted by molar-refractivity contribution is 0.124. The zero-order valence-electron chi connectivity index (χ0n) is 11.7. The molecule has 0 aliphatic rings. The molecule has 5 heteroatoms. The zero-order valence-corrected chi connectivity index (χ0v) is 13.3. The number of nitrogens with zero attached hydrogens (tertiary/aromatic N) is 1. The van der Waals surface area contributed by atoms with Gasteiger partial charge in [-0.1, -0.05) is 23.4 Å². The van der Waals surface area contributed by atoms with Gasteiger partial charge < -0.3 is 10.5 Å². The van der Waals surface area contributed by atoms with Crippen LogP contribution in [0.5, 0.6) is 5.88 Å². The predicted molar refractivity (Wildman–Crippen MR) is 84.6 cm³/mol. The second-order valence-corrected chi connectivity index (χ2v) is 6.84. The molecule has 2 rings (SSSR count). The van der Waals surface area contributed by atoms with E-state index in [-0.39, 0.29) is 5.60 Å². The summed E-state index contributed by atoms with van der Waals surface area (Å²) < 4.78 is 5.76. The summed E-state index contributed by atoms with van der Waals surface area (Å²) in [5, 5.41) is 1.55. The number of nitrogens with two attached hydrogens (primary N) is 1. The largest absolute Gasteiger partial charge is 0.470 e. The van der Waals surface area contributed by atoms with Crippen molar-refractivity contribution in [3.8, 4) is 5.88 Å². The maximum Gasteiger partial charge on any atom is 0.238 e. The normalized spacial score (nSPS) is 11.4. The van der Waals surface area contributed by atoms with Crippen molar-refractivity contribution < 1.29 is 4.74 Å². The van der Waals surface area contributed by atoms with Crippen LogP contribution in [0, 0.1) is 0 Å². The first kappa shape index (κ1) is 15.0. The number of rotatable bonds is 3. The average molecular weight is 309 g/mol. The van der Waals surface area contributed by atoms with E-state index in [4.69, 9.17) is 22.1 Å². The number of ether oxygens (including phenoxy) is 1. The summed E-state index contributed by atoms with van der Waals surface area (Å²) in [5.41, 5.74) is 6.11. The van der Waals surface area contributed by atoms with Crippen LogP contribution in [-0.4, -0.2) is 10.6 Å². The van der Waals surface area contributed by atoms with Gasteiger partial charge in [-0.25, -0.2) is 4.98 Å². The summed E-state index contributed by atoms with van der Waals surface area (Å²) in [6.07, 6.45) is 0. The van der Waals surface area contributed by atoms with Gasteiger partial charge in [0.2, 0.25) is 5.88 Å². The van der Waals surface area contributed by atoms with Crippen molar-refractivity contribution in [2.45, 2.75) is 36.3 Å². The monoisotopic (exact) mass is 308 g/mol. The van der Waals surface area contributed by atoms with Crippen molar-refractivity contribution >= 4 is 29.1 Å². The molecule has 1 aromatic carbocycles. The molecule has 0 amide bonds. The SMILES string of the molecule is CC(C)(C)Oc1nc(Sc2ccc(Cl)cc2)ccc1N. The lowest BCUT2D eigenvalue weighted by atomic mass is 10.2. The third-order valence-electron chi connectivity index (χ3n) is 2.30. The number of nitrogen functional groups attached to an aromatic ring is 1. The molecular weight excluding hydrogens is 292 g/mol. The van der Waals surface area contributed by atoms with Gasteiger partial charge >= 0.3 is 0 Å². The first-order valence-corrected chi connectivity index (χ1v) is 7.42. The molecule has 0 aliphatic carbocycles. The fourth-order valence-electron chi connectivity index (χ4n) is 1.49. The summed E-state index contributed by atoms with van der Waals surface area (Å²) in [6.45, 7) is 5.90. The topological polar surface area (TPSA) is 48.1 Å². The van der Waals surface area contributed by atoms with Gasteiger partial charge in [0.15, 0.2) is 0 Å². The minimum Gasteiger partial charge on any atom is -0.470 e. The van der Waals surface area contributed by atoms with Crippen LogP contribution in [0.1, 0.15) is 20.8 Å².